The van der Waals surface area contributed by atoms with Gasteiger partial charge in [-0.1, -0.05) is 0 Å². The van der Waals surface area contributed by atoms with Crippen LogP contribution in [0.25, 0.3) is 0 Å². The summed E-state index contributed by atoms with van der Waals surface area (Å²) >= 11 is 1.53. The Morgan fingerprint density at radius 1 is 1.53 bits per heavy atom. The number of urea groups is 1. The van der Waals surface area contributed by atoms with E-state index in [2.05, 4.69) is 25.8 Å². The first-order valence-corrected chi connectivity index (χ1v) is 5.96. The number of aromatic amines is 1. The average Bonchev–Trinajstić information content (AvgIpc) is 2.89. The maximum atomic E-state index is 11.6. The third-order valence-electron chi connectivity index (χ3n) is 2.17. The summed E-state index contributed by atoms with van der Waals surface area (Å²) in [5.74, 6) is 0.627. The van der Waals surface area contributed by atoms with Gasteiger partial charge in [-0.3, -0.25) is 10.4 Å². The fourth-order valence-corrected chi connectivity index (χ4v) is 2.10. The maximum Gasteiger partial charge on any atom is 0.320 e. The van der Waals surface area contributed by atoms with Crippen LogP contribution in [0.2, 0.25) is 0 Å². The summed E-state index contributed by atoms with van der Waals surface area (Å²) in [5.41, 5.74) is 0. The van der Waals surface area contributed by atoms with Crippen molar-refractivity contribution in [2.45, 2.75) is 19.9 Å². The Balaban J connectivity index is 1.89. The number of H-pyrrole nitrogens is 1. The maximum absolute atomic E-state index is 11.6. The van der Waals surface area contributed by atoms with Crippen molar-refractivity contribution in [2.24, 2.45) is 0 Å². The highest BCUT2D eigenvalue weighted by Crippen LogP contribution is 2.20. The number of anilines is 1. The van der Waals surface area contributed by atoms with Gasteiger partial charge in [0.15, 0.2) is 0 Å². The molecule has 2 heterocycles. The molecule has 0 unspecified atom stereocenters. The van der Waals surface area contributed by atoms with Crippen LogP contribution in [0.15, 0.2) is 18.5 Å². The molecule has 2 aromatic rings. The number of nitrogens with zero attached hydrogens (tertiary/aromatic N) is 2. The summed E-state index contributed by atoms with van der Waals surface area (Å²) in [6.45, 7) is 3.82. The SMILES string of the molecule is Cc1ccc(NC(=O)N[C@@H](C)c2ncn[nH]2)s1. The van der Waals surface area contributed by atoms with Crippen LogP contribution in [0.1, 0.15) is 23.7 Å². The molecular formula is C10H13N5OS. The molecule has 7 heteroatoms. The lowest BCUT2D eigenvalue weighted by atomic mass is 10.3. The number of carbonyl (C=O) groups is 1. The predicted octanol–water partition coefficient (Wildman–Crippen LogP) is 2.06. The molecule has 6 nitrogen and oxygen atoms in total. The summed E-state index contributed by atoms with van der Waals surface area (Å²) in [5, 5.41) is 12.8. The van der Waals surface area contributed by atoms with Gasteiger partial charge in [-0.2, -0.15) is 5.10 Å². The van der Waals surface area contributed by atoms with E-state index in [1.165, 1.54) is 17.7 Å². The number of rotatable bonds is 3. The summed E-state index contributed by atoms with van der Waals surface area (Å²) in [4.78, 5) is 16.8. The second-order valence-corrected chi connectivity index (χ2v) is 4.89. The van der Waals surface area contributed by atoms with Crippen molar-refractivity contribution in [1.82, 2.24) is 20.5 Å². The summed E-state index contributed by atoms with van der Waals surface area (Å²) < 4.78 is 0. The van der Waals surface area contributed by atoms with Crippen molar-refractivity contribution in [3.8, 4) is 0 Å². The van der Waals surface area contributed by atoms with Crippen LogP contribution in [0.3, 0.4) is 0 Å². The average molecular weight is 251 g/mol. The first-order valence-electron chi connectivity index (χ1n) is 5.14. The monoisotopic (exact) mass is 251 g/mol. The van der Waals surface area contributed by atoms with Crippen LogP contribution >= 0.6 is 11.3 Å². The van der Waals surface area contributed by atoms with Crippen LogP contribution in [-0.2, 0) is 0 Å². The summed E-state index contributed by atoms with van der Waals surface area (Å²) in [6.07, 6.45) is 1.41. The van der Waals surface area contributed by atoms with Crippen molar-refractivity contribution >= 4 is 22.4 Å². The van der Waals surface area contributed by atoms with Crippen molar-refractivity contribution in [2.75, 3.05) is 5.32 Å². The van der Waals surface area contributed by atoms with Crippen LogP contribution in [-0.4, -0.2) is 21.2 Å². The Morgan fingerprint density at radius 2 is 2.35 bits per heavy atom. The molecule has 0 saturated carbocycles. The number of aromatic nitrogens is 3. The quantitative estimate of drug-likeness (QED) is 0.780. The molecule has 0 aliphatic rings. The van der Waals surface area contributed by atoms with Crippen LogP contribution < -0.4 is 10.6 Å². The molecule has 1 atom stereocenters. The van der Waals surface area contributed by atoms with Gasteiger partial charge in [0, 0.05) is 4.88 Å². The summed E-state index contributed by atoms with van der Waals surface area (Å²) in [6, 6.07) is 3.37. The third kappa shape index (κ3) is 3.04. The Kier molecular flexibility index (Phi) is 3.38. The second-order valence-electron chi connectivity index (χ2n) is 3.60. The van der Waals surface area contributed by atoms with Gasteiger partial charge < -0.3 is 5.32 Å². The minimum absolute atomic E-state index is 0.210. The Hall–Kier alpha value is -1.89. The highest BCUT2D eigenvalue weighted by atomic mass is 32.1. The van der Waals surface area contributed by atoms with Gasteiger partial charge in [0.2, 0.25) is 0 Å². The number of nitrogens with one attached hydrogen (secondary N) is 3. The molecule has 0 aromatic carbocycles. The highest BCUT2D eigenvalue weighted by molar-refractivity contribution is 7.16. The van der Waals surface area contributed by atoms with Gasteiger partial charge in [0.1, 0.15) is 12.2 Å². The Labute approximate surface area is 102 Å². The van der Waals surface area contributed by atoms with E-state index in [9.17, 15) is 4.79 Å². The highest BCUT2D eigenvalue weighted by Gasteiger charge is 2.12. The minimum Gasteiger partial charge on any atom is -0.328 e. The van der Waals surface area contributed by atoms with Crippen molar-refractivity contribution in [3.63, 3.8) is 0 Å². The molecule has 0 aliphatic heterocycles. The lowest BCUT2D eigenvalue weighted by molar-refractivity contribution is 0.249. The van der Waals surface area contributed by atoms with E-state index in [-0.39, 0.29) is 12.1 Å². The van der Waals surface area contributed by atoms with E-state index in [1.54, 1.807) is 0 Å². The van der Waals surface area contributed by atoms with Crippen LogP contribution in [0.5, 0.6) is 0 Å². The topological polar surface area (TPSA) is 82.7 Å². The molecule has 3 N–H and O–H groups in total. The van der Waals surface area contributed by atoms with Crippen molar-refractivity contribution in [3.05, 3.63) is 29.2 Å². The van der Waals surface area contributed by atoms with Crippen molar-refractivity contribution < 1.29 is 4.79 Å². The first kappa shape index (κ1) is 11.6. The second kappa shape index (κ2) is 4.96. The normalized spacial score (nSPS) is 12.1. The van der Waals surface area contributed by atoms with E-state index in [1.807, 2.05) is 26.0 Å². The van der Waals surface area contributed by atoms with Gasteiger partial charge in [-0.25, -0.2) is 9.78 Å². The number of carbonyl (C=O) groups excluding carboxylic acids is 1. The molecule has 0 saturated heterocycles. The van der Waals surface area contributed by atoms with E-state index in [4.69, 9.17) is 0 Å². The number of aryl methyl sites for hydroxylation is 1. The predicted molar refractivity (Wildman–Crippen MR) is 66.0 cm³/mol. The van der Waals surface area contributed by atoms with E-state index >= 15 is 0 Å². The van der Waals surface area contributed by atoms with Gasteiger partial charge in [0.05, 0.1) is 11.0 Å². The van der Waals surface area contributed by atoms with Crippen LogP contribution in [0.4, 0.5) is 9.80 Å². The molecule has 17 heavy (non-hydrogen) atoms. The molecule has 0 fully saturated rings. The first-order chi connectivity index (χ1) is 8.15. The zero-order chi connectivity index (χ0) is 12.3. The van der Waals surface area contributed by atoms with Gasteiger partial charge in [-0.05, 0) is 26.0 Å². The fraction of sp³-hybridized carbons (Fsp3) is 0.300. The number of amides is 2. The molecule has 2 rings (SSSR count). The smallest absolute Gasteiger partial charge is 0.320 e. The van der Waals surface area contributed by atoms with Gasteiger partial charge in [-0.15, -0.1) is 11.3 Å². The van der Waals surface area contributed by atoms with E-state index in [0.717, 1.165) is 9.88 Å². The van der Waals surface area contributed by atoms with E-state index < -0.39 is 0 Å². The molecule has 0 aliphatic carbocycles. The largest absolute Gasteiger partial charge is 0.328 e. The van der Waals surface area contributed by atoms with E-state index in [0.29, 0.717) is 5.82 Å². The Morgan fingerprint density at radius 3 is 2.94 bits per heavy atom. The fourth-order valence-electron chi connectivity index (χ4n) is 1.34. The zero-order valence-corrected chi connectivity index (χ0v) is 10.3. The molecule has 0 spiro atoms. The molecule has 2 amide bonds. The minimum atomic E-state index is -0.254. The number of hydrogen-bond donors (Lipinski definition) is 3. The van der Waals surface area contributed by atoms with Gasteiger partial charge >= 0.3 is 6.03 Å². The van der Waals surface area contributed by atoms with Crippen molar-refractivity contribution in [1.29, 1.82) is 0 Å². The Bertz CT molecular complexity index is 493. The number of hydrogen-bond acceptors (Lipinski definition) is 4. The van der Waals surface area contributed by atoms with Crippen LogP contribution in [0, 0.1) is 6.92 Å². The molecular weight excluding hydrogens is 238 g/mol. The molecule has 0 bridgehead atoms. The molecule has 0 radical (unpaired) electrons. The lowest BCUT2D eigenvalue weighted by Crippen LogP contribution is -2.31. The number of thiophene rings is 1. The molecule has 2 aromatic heterocycles. The molecule has 90 valence electrons. The third-order valence-corrected chi connectivity index (χ3v) is 3.08. The van der Waals surface area contributed by atoms with Gasteiger partial charge in [0.25, 0.3) is 0 Å². The zero-order valence-electron chi connectivity index (χ0n) is 9.52. The summed E-state index contributed by atoms with van der Waals surface area (Å²) in [7, 11) is 0. The standard InChI is InChI=1S/C10H13N5OS/c1-6-3-4-8(17-6)14-10(16)13-7(2)9-11-5-12-15-9/h3-5,7H,1-2H3,(H,11,12,15)(H2,13,14,16)/t7-/m0/s1. The lowest BCUT2D eigenvalue weighted by Gasteiger charge is -2.11.